The number of carbonyl (C=O) groups excluding carboxylic acids is 1. The molecule has 1 aromatic rings. The summed E-state index contributed by atoms with van der Waals surface area (Å²) >= 11 is 0. The number of carbonyl (C=O) groups is 1. The van der Waals surface area contributed by atoms with Crippen molar-refractivity contribution < 1.29 is 9.53 Å². The Hall–Kier alpha value is -1.07. The first kappa shape index (κ1) is 19.0. The van der Waals surface area contributed by atoms with Crippen LogP contribution in [0.15, 0.2) is 30.3 Å². The number of ether oxygens (including phenoxy) is 1. The SMILES string of the molecule is Br.CCNC(=O)OC(CCN1CCCCC1)c1ccccc1. The zero-order chi connectivity index (χ0) is 14.9. The first-order valence-corrected chi connectivity index (χ1v) is 8.01. The van der Waals surface area contributed by atoms with Crippen LogP contribution in [0.3, 0.4) is 0 Å². The van der Waals surface area contributed by atoms with Crippen LogP contribution >= 0.6 is 17.0 Å². The lowest BCUT2D eigenvalue weighted by molar-refractivity contribution is 0.0822. The third-order valence-electron chi connectivity index (χ3n) is 3.90. The van der Waals surface area contributed by atoms with Crippen molar-refractivity contribution in [2.45, 2.75) is 38.7 Å². The van der Waals surface area contributed by atoms with Crippen LogP contribution in [0, 0.1) is 0 Å². The zero-order valence-electron chi connectivity index (χ0n) is 13.3. The topological polar surface area (TPSA) is 41.6 Å². The fourth-order valence-corrected chi connectivity index (χ4v) is 2.76. The highest BCUT2D eigenvalue weighted by molar-refractivity contribution is 8.93. The summed E-state index contributed by atoms with van der Waals surface area (Å²) in [5, 5.41) is 2.71. The first-order chi connectivity index (χ1) is 10.3. The molecule has 124 valence electrons. The zero-order valence-corrected chi connectivity index (χ0v) is 15.0. The fourth-order valence-electron chi connectivity index (χ4n) is 2.76. The van der Waals surface area contributed by atoms with Gasteiger partial charge in [0.05, 0.1) is 0 Å². The normalized spacial score (nSPS) is 16.4. The van der Waals surface area contributed by atoms with Crippen molar-refractivity contribution in [2.24, 2.45) is 0 Å². The maximum atomic E-state index is 11.7. The van der Waals surface area contributed by atoms with Crippen LogP contribution in [-0.4, -0.2) is 37.2 Å². The number of amides is 1. The monoisotopic (exact) mass is 370 g/mol. The van der Waals surface area contributed by atoms with E-state index in [0.29, 0.717) is 6.54 Å². The fraction of sp³-hybridized carbons (Fsp3) is 0.588. The molecule has 1 aliphatic heterocycles. The van der Waals surface area contributed by atoms with Gasteiger partial charge in [-0.3, -0.25) is 0 Å². The summed E-state index contributed by atoms with van der Waals surface area (Å²) < 4.78 is 5.59. The molecule has 0 aromatic heterocycles. The molecule has 0 bridgehead atoms. The van der Waals surface area contributed by atoms with Crippen molar-refractivity contribution in [3.8, 4) is 0 Å². The van der Waals surface area contributed by atoms with Gasteiger partial charge in [0, 0.05) is 19.5 Å². The quantitative estimate of drug-likeness (QED) is 0.824. The molecule has 4 nitrogen and oxygen atoms in total. The molecule has 1 fully saturated rings. The minimum absolute atomic E-state index is 0. The molecule has 1 amide bonds. The lowest BCUT2D eigenvalue weighted by Crippen LogP contribution is -2.32. The van der Waals surface area contributed by atoms with Crippen molar-refractivity contribution in [1.82, 2.24) is 10.2 Å². The van der Waals surface area contributed by atoms with E-state index < -0.39 is 0 Å². The molecule has 0 radical (unpaired) electrons. The molecule has 0 spiro atoms. The van der Waals surface area contributed by atoms with Crippen LogP contribution in [0.5, 0.6) is 0 Å². The van der Waals surface area contributed by atoms with Crippen molar-refractivity contribution in [2.75, 3.05) is 26.2 Å². The number of alkyl carbamates (subject to hydrolysis) is 1. The summed E-state index contributed by atoms with van der Waals surface area (Å²) in [6.45, 7) is 5.81. The van der Waals surface area contributed by atoms with Crippen LogP contribution in [-0.2, 0) is 4.74 Å². The average Bonchev–Trinajstić information content (AvgIpc) is 2.53. The molecule has 2 rings (SSSR count). The molecular weight excluding hydrogens is 344 g/mol. The maximum Gasteiger partial charge on any atom is 0.407 e. The van der Waals surface area contributed by atoms with Gasteiger partial charge in [-0.25, -0.2) is 4.79 Å². The number of nitrogens with one attached hydrogen (secondary N) is 1. The summed E-state index contributed by atoms with van der Waals surface area (Å²) in [6.07, 6.45) is 4.26. The van der Waals surface area contributed by atoms with Crippen LogP contribution in [0.25, 0.3) is 0 Å². The van der Waals surface area contributed by atoms with Gasteiger partial charge in [-0.15, -0.1) is 17.0 Å². The van der Waals surface area contributed by atoms with E-state index in [1.165, 1.54) is 32.4 Å². The van der Waals surface area contributed by atoms with Crippen molar-refractivity contribution in [3.05, 3.63) is 35.9 Å². The molecular formula is C17H27BrN2O2. The number of nitrogens with zero attached hydrogens (tertiary/aromatic N) is 1. The summed E-state index contributed by atoms with van der Waals surface area (Å²) in [7, 11) is 0. The van der Waals surface area contributed by atoms with E-state index in [1.807, 2.05) is 37.3 Å². The van der Waals surface area contributed by atoms with E-state index in [4.69, 9.17) is 4.74 Å². The second kappa shape index (κ2) is 10.6. The summed E-state index contributed by atoms with van der Waals surface area (Å²) in [4.78, 5) is 14.2. The molecule has 22 heavy (non-hydrogen) atoms. The van der Waals surface area contributed by atoms with Gasteiger partial charge in [-0.1, -0.05) is 36.8 Å². The lowest BCUT2D eigenvalue weighted by Gasteiger charge is -2.28. The Morgan fingerprint density at radius 1 is 1.23 bits per heavy atom. The van der Waals surface area contributed by atoms with E-state index in [2.05, 4.69) is 10.2 Å². The largest absolute Gasteiger partial charge is 0.441 e. The molecule has 0 aliphatic carbocycles. The Bertz CT molecular complexity index is 422. The Kier molecular flexibility index (Phi) is 9.16. The van der Waals surface area contributed by atoms with Crippen molar-refractivity contribution in [3.63, 3.8) is 0 Å². The lowest BCUT2D eigenvalue weighted by atomic mass is 10.1. The number of rotatable bonds is 6. The second-order valence-corrected chi connectivity index (χ2v) is 5.53. The number of hydrogen-bond acceptors (Lipinski definition) is 3. The summed E-state index contributed by atoms with van der Waals surface area (Å²) in [6, 6.07) is 10.0. The van der Waals surface area contributed by atoms with Crippen molar-refractivity contribution >= 4 is 23.1 Å². The van der Waals surface area contributed by atoms with E-state index in [-0.39, 0.29) is 29.2 Å². The highest BCUT2D eigenvalue weighted by atomic mass is 79.9. The molecule has 5 heteroatoms. The van der Waals surface area contributed by atoms with E-state index in [1.54, 1.807) is 0 Å². The summed E-state index contributed by atoms with van der Waals surface area (Å²) in [5.74, 6) is 0. The molecule has 1 aromatic carbocycles. The highest BCUT2D eigenvalue weighted by Crippen LogP contribution is 2.22. The molecule has 1 atom stereocenters. The number of likely N-dealkylation sites (tertiary alicyclic amines) is 1. The van der Waals surface area contributed by atoms with Crippen molar-refractivity contribution in [1.29, 1.82) is 0 Å². The molecule has 1 unspecified atom stereocenters. The predicted molar refractivity (Wildman–Crippen MR) is 94.6 cm³/mol. The van der Waals surface area contributed by atoms with E-state index >= 15 is 0 Å². The molecule has 1 heterocycles. The Morgan fingerprint density at radius 2 is 1.91 bits per heavy atom. The predicted octanol–water partition coefficient (Wildman–Crippen LogP) is 3.93. The van der Waals surface area contributed by atoms with Gasteiger partial charge in [0.2, 0.25) is 0 Å². The van der Waals surface area contributed by atoms with Gasteiger partial charge in [-0.05, 0) is 38.4 Å². The molecule has 0 saturated carbocycles. The second-order valence-electron chi connectivity index (χ2n) is 5.53. The van der Waals surface area contributed by atoms with E-state index in [0.717, 1.165) is 18.5 Å². The third-order valence-corrected chi connectivity index (χ3v) is 3.90. The minimum atomic E-state index is -0.329. The molecule has 1 saturated heterocycles. The van der Waals surface area contributed by atoms with Gasteiger partial charge in [-0.2, -0.15) is 0 Å². The van der Waals surface area contributed by atoms with Crippen LogP contribution in [0.1, 0.15) is 44.3 Å². The highest BCUT2D eigenvalue weighted by Gasteiger charge is 2.18. The standard InChI is InChI=1S/C17H26N2O2.BrH/c1-2-18-17(20)21-16(15-9-5-3-6-10-15)11-14-19-12-7-4-8-13-19;/h3,5-6,9-10,16H,2,4,7-8,11-14H2,1H3,(H,18,20);1H. The number of piperidine rings is 1. The van der Waals surface area contributed by atoms with Crippen LogP contribution < -0.4 is 5.32 Å². The average molecular weight is 371 g/mol. The van der Waals surface area contributed by atoms with Crippen LogP contribution in [0.2, 0.25) is 0 Å². The third kappa shape index (κ3) is 6.36. The van der Waals surface area contributed by atoms with Gasteiger partial charge in [0.25, 0.3) is 0 Å². The minimum Gasteiger partial charge on any atom is -0.441 e. The van der Waals surface area contributed by atoms with Gasteiger partial charge in [0.15, 0.2) is 0 Å². The maximum absolute atomic E-state index is 11.7. The Labute approximate surface area is 144 Å². The summed E-state index contributed by atoms with van der Waals surface area (Å²) in [5.41, 5.74) is 1.07. The number of hydrogen-bond donors (Lipinski definition) is 1. The van der Waals surface area contributed by atoms with Gasteiger partial charge in [0.1, 0.15) is 6.10 Å². The van der Waals surface area contributed by atoms with Gasteiger partial charge < -0.3 is 15.0 Å². The van der Waals surface area contributed by atoms with Crippen LogP contribution in [0.4, 0.5) is 4.79 Å². The molecule has 1 N–H and O–H groups in total. The van der Waals surface area contributed by atoms with Gasteiger partial charge >= 0.3 is 6.09 Å². The number of benzene rings is 1. The number of halogens is 1. The smallest absolute Gasteiger partial charge is 0.407 e. The first-order valence-electron chi connectivity index (χ1n) is 8.01. The van der Waals surface area contributed by atoms with E-state index in [9.17, 15) is 4.79 Å². The molecule has 1 aliphatic rings. The Balaban J connectivity index is 0.00000242. The Morgan fingerprint density at radius 3 is 2.55 bits per heavy atom.